The zero-order valence-electron chi connectivity index (χ0n) is 18.9. The molecule has 2 aromatic carbocycles. The number of anilines is 1. The van der Waals surface area contributed by atoms with Gasteiger partial charge in [-0.3, -0.25) is 14.0 Å². The minimum absolute atomic E-state index is 0.320. The molecule has 0 spiro atoms. The third kappa shape index (κ3) is 5.86. The van der Waals surface area contributed by atoms with Crippen molar-refractivity contribution in [2.45, 2.75) is 52.7 Å². The predicted molar refractivity (Wildman–Crippen MR) is 126 cm³/mol. The fourth-order valence-corrected chi connectivity index (χ4v) is 5.23. The van der Waals surface area contributed by atoms with Crippen LogP contribution in [0.5, 0.6) is 0 Å². The average Bonchev–Trinajstić information content (AvgIpc) is 3.22. The number of sulfonamides is 1. The van der Waals surface area contributed by atoms with Crippen molar-refractivity contribution in [3.8, 4) is 0 Å². The lowest BCUT2D eigenvalue weighted by Gasteiger charge is -2.29. The lowest BCUT2D eigenvalue weighted by molar-refractivity contribution is -0.122. The maximum Gasteiger partial charge on any atom is 0.243 e. The summed E-state index contributed by atoms with van der Waals surface area (Å²) in [4.78, 5) is 15.4. The Kier molecular flexibility index (Phi) is 7.38. The van der Waals surface area contributed by atoms with Crippen LogP contribution in [-0.2, 0) is 27.9 Å². The summed E-state index contributed by atoms with van der Waals surface area (Å²) in [6.45, 7) is 8.99. The largest absolute Gasteiger partial charge is 0.350 e. The number of carbonyl (C=O) groups excluding carboxylic acids is 1. The Labute approximate surface area is 186 Å². The Morgan fingerprint density at radius 3 is 2.32 bits per heavy atom. The van der Waals surface area contributed by atoms with Gasteiger partial charge in [0.15, 0.2) is 0 Å². The van der Waals surface area contributed by atoms with E-state index in [0.717, 1.165) is 42.6 Å². The highest BCUT2D eigenvalue weighted by atomic mass is 32.2. The number of carbonyl (C=O) groups is 1. The molecule has 1 fully saturated rings. The fraction of sp³-hybridized carbons (Fsp3) is 0.458. The van der Waals surface area contributed by atoms with E-state index in [-0.39, 0.29) is 5.91 Å². The van der Waals surface area contributed by atoms with Gasteiger partial charge in [-0.1, -0.05) is 30.3 Å². The molecule has 1 atom stereocenters. The topological polar surface area (TPSA) is 69.7 Å². The lowest BCUT2D eigenvalue weighted by atomic mass is 10.1. The van der Waals surface area contributed by atoms with Gasteiger partial charge in [-0.15, -0.1) is 0 Å². The molecule has 0 aliphatic carbocycles. The van der Waals surface area contributed by atoms with Gasteiger partial charge >= 0.3 is 0 Å². The number of hydrogen-bond donors (Lipinski definition) is 1. The second-order valence-corrected chi connectivity index (χ2v) is 10.3. The van der Waals surface area contributed by atoms with Gasteiger partial charge in [0.1, 0.15) is 6.04 Å². The lowest BCUT2D eigenvalue weighted by Crippen LogP contribution is -2.47. The Bertz CT molecular complexity index is 1030. The van der Waals surface area contributed by atoms with Crippen LogP contribution < -0.4 is 9.62 Å². The molecule has 1 heterocycles. The van der Waals surface area contributed by atoms with Crippen LogP contribution in [0.1, 0.15) is 42.0 Å². The van der Waals surface area contributed by atoms with Gasteiger partial charge in [0.2, 0.25) is 15.9 Å². The van der Waals surface area contributed by atoms with Gasteiger partial charge < -0.3 is 5.32 Å². The summed E-state index contributed by atoms with van der Waals surface area (Å²) in [7, 11) is -3.63. The molecule has 2 aromatic rings. The number of hydrogen-bond acceptors (Lipinski definition) is 4. The smallest absolute Gasteiger partial charge is 0.243 e. The number of nitrogens with zero attached hydrogens (tertiary/aromatic N) is 2. The van der Waals surface area contributed by atoms with Crippen molar-refractivity contribution in [1.82, 2.24) is 10.2 Å². The molecule has 1 aliphatic rings. The van der Waals surface area contributed by atoms with Crippen LogP contribution in [0, 0.1) is 13.8 Å². The van der Waals surface area contributed by atoms with Crippen LogP contribution in [0.3, 0.4) is 0 Å². The molecule has 1 N–H and O–H groups in total. The van der Waals surface area contributed by atoms with Crippen molar-refractivity contribution in [3.05, 3.63) is 64.7 Å². The van der Waals surface area contributed by atoms with Crippen molar-refractivity contribution >= 4 is 21.6 Å². The van der Waals surface area contributed by atoms with E-state index >= 15 is 0 Å². The van der Waals surface area contributed by atoms with Crippen LogP contribution in [0.15, 0.2) is 42.5 Å². The van der Waals surface area contributed by atoms with Gasteiger partial charge in [-0.25, -0.2) is 8.42 Å². The van der Waals surface area contributed by atoms with Crippen molar-refractivity contribution < 1.29 is 13.2 Å². The number of benzene rings is 2. The Balaban J connectivity index is 1.73. The monoisotopic (exact) mass is 443 g/mol. The van der Waals surface area contributed by atoms with Crippen LogP contribution in [-0.4, -0.2) is 44.6 Å². The Morgan fingerprint density at radius 2 is 1.71 bits per heavy atom. The zero-order valence-corrected chi connectivity index (χ0v) is 19.7. The Morgan fingerprint density at radius 1 is 1.06 bits per heavy atom. The van der Waals surface area contributed by atoms with Gasteiger partial charge in [-0.2, -0.15) is 0 Å². The van der Waals surface area contributed by atoms with Crippen molar-refractivity contribution in [2.75, 3.05) is 23.7 Å². The van der Waals surface area contributed by atoms with E-state index in [1.165, 1.54) is 22.7 Å². The normalized spacial score (nSPS) is 15.6. The van der Waals surface area contributed by atoms with E-state index < -0.39 is 16.1 Å². The highest BCUT2D eigenvalue weighted by Crippen LogP contribution is 2.24. The second kappa shape index (κ2) is 9.83. The number of amides is 1. The summed E-state index contributed by atoms with van der Waals surface area (Å²) in [5.41, 5.74) is 4.82. The first kappa shape index (κ1) is 23.3. The molecule has 0 aromatic heterocycles. The number of nitrogens with one attached hydrogen (secondary N) is 1. The fourth-order valence-electron chi connectivity index (χ4n) is 4.07. The molecule has 6 nitrogen and oxygen atoms in total. The zero-order chi connectivity index (χ0) is 22.6. The van der Waals surface area contributed by atoms with Gasteiger partial charge in [-0.05, 0) is 81.1 Å². The van der Waals surface area contributed by atoms with Gasteiger partial charge in [0.05, 0.1) is 11.9 Å². The minimum Gasteiger partial charge on any atom is -0.350 e. The first-order chi connectivity index (χ1) is 14.7. The standard InChI is InChI=1S/C24H33N3O3S/c1-18-11-12-23(15-19(18)2)27(31(4,29)30)20(3)24(28)25-16-21-9-5-6-10-22(21)17-26-13-7-8-14-26/h5-6,9-12,15,20H,7-8,13-14,16-17H2,1-4H3,(H,25,28). The summed E-state index contributed by atoms with van der Waals surface area (Å²) in [6, 6.07) is 12.7. The van der Waals surface area contributed by atoms with Crippen LogP contribution in [0.2, 0.25) is 0 Å². The SMILES string of the molecule is Cc1ccc(N(C(C)C(=O)NCc2ccccc2CN2CCCC2)S(C)(=O)=O)cc1C. The first-order valence-electron chi connectivity index (χ1n) is 10.8. The first-order valence-corrected chi connectivity index (χ1v) is 12.6. The molecule has 1 unspecified atom stereocenters. The van der Waals surface area contributed by atoms with Gasteiger partial charge in [0, 0.05) is 13.1 Å². The number of aryl methyl sites for hydroxylation is 2. The van der Waals surface area contributed by atoms with E-state index in [9.17, 15) is 13.2 Å². The molecule has 1 amide bonds. The molecule has 0 radical (unpaired) electrons. The molecule has 1 saturated heterocycles. The number of likely N-dealkylation sites (tertiary alicyclic amines) is 1. The molecule has 31 heavy (non-hydrogen) atoms. The molecule has 0 bridgehead atoms. The molecular weight excluding hydrogens is 410 g/mol. The van der Waals surface area contributed by atoms with Crippen LogP contribution in [0.4, 0.5) is 5.69 Å². The summed E-state index contributed by atoms with van der Waals surface area (Å²) in [5.74, 6) is -0.320. The predicted octanol–water partition coefficient (Wildman–Crippen LogP) is 3.37. The van der Waals surface area contributed by atoms with E-state index in [4.69, 9.17) is 0 Å². The molecule has 0 saturated carbocycles. The van der Waals surface area contributed by atoms with Crippen molar-refractivity contribution in [3.63, 3.8) is 0 Å². The number of rotatable bonds is 8. The maximum absolute atomic E-state index is 13.0. The average molecular weight is 444 g/mol. The summed E-state index contributed by atoms with van der Waals surface area (Å²) < 4.78 is 26.3. The minimum atomic E-state index is -3.63. The molecule has 168 valence electrons. The summed E-state index contributed by atoms with van der Waals surface area (Å²) in [5, 5.41) is 2.95. The second-order valence-electron chi connectivity index (χ2n) is 8.47. The summed E-state index contributed by atoms with van der Waals surface area (Å²) in [6.07, 6.45) is 3.60. The maximum atomic E-state index is 13.0. The highest BCUT2D eigenvalue weighted by Gasteiger charge is 2.29. The van der Waals surface area contributed by atoms with Crippen molar-refractivity contribution in [2.24, 2.45) is 0 Å². The third-order valence-corrected chi connectivity index (χ3v) is 7.24. The molecule has 3 rings (SSSR count). The molecule has 7 heteroatoms. The van der Waals surface area contributed by atoms with Crippen molar-refractivity contribution in [1.29, 1.82) is 0 Å². The van der Waals surface area contributed by atoms with E-state index in [1.54, 1.807) is 13.0 Å². The van der Waals surface area contributed by atoms with E-state index in [1.807, 2.05) is 44.2 Å². The van der Waals surface area contributed by atoms with Crippen LogP contribution in [0.25, 0.3) is 0 Å². The molecular formula is C24H33N3O3S. The van der Waals surface area contributed by atoms with E-state index in [2.05, 4.69) is 16.3 Å². The third-order valence-electron chi connectivity index (χ3n) is 6.00. The summed E-state index contributed by atoms with van der Waals surface area (Å²) >= 11 is 0. The highest BCUT2D eigenvalue weighted by molar-refractivity contribution is 7.92. The Hall–Kier alpha value is -2.38. The molecule has 1 aliphatic heterocycles. The van der Waals surface area contributed by atoms with Crippen LogP contribution >= 0.6 is 0 Å². The van der Waals surface area contributed by atoms with E-state index in [0.29, 0.717) is 12.2 Å². The van der Waals surface area contributed by atoms with Gasteiger partial charge in [0.25, 0.3) is 0 Å². The quantitative estimate of drug-likeness (QED) is 0.679.